The molecule has 0 aromatic heterocycles. The summed E-state index contributed by atoms with van der Waals surface area (Å²) in [6.45, 7) is 6.74. The first kappa shape index (κ1) is 21.2. The maximum absolute atomic E-state index is 13.5. The topological polar surface area (TPSA) is 97.7 Å². The number of hydrogen-bond donors (Lipinski definition) is 1. The van der Waals surface area contributed by atoms with E-state index in [1.54, 1.807) is 12.2 Å². The Hall–Kier alpha value is -2.08. The zero-order valence-electron chi connectivity index (χ0n) is 18.1. The number of fused-ring (bicyclic) bond motifs is 5. The molecule has 0 aromatic rings. The van der Waals surface area contributed by atoms with Gasteiger partial charge in [-0.15, -0.1) is 0 Å². The van der Waals surface area contributed by atoms with Crippen LogP contribution in [0.3, 0.4) is 0 Å². The molecule has 3 saturated carbocycles. The number of carbonyl (C=O) groups excluding carboxylic acids is 4. The van der Waals surface area contributed by atoms with Crippen LogP contribution >= 0.6 is 0 Å². The summed E-state index contributed by atoms with van der Waals surface area (Å²) in [5.41, 5.74) is -2.04. The molecule has 0 spiro atoms. The third-order valence-corrected chi connectivity index (χ3v) is 8.60. The highest BCUT2D eigenvalue weighted by Gasteiger charge is 2.68. The number of rotatable bonds is 3. The van der Waals surface area contributed by atoms with E-state index in [1.165, 1.54) is 6.92 Å². The first-order chi connectivity index (χ1) is 13.9. The van der Waals surface area contributed by atoms with E-state index >= 15 is 0 Å². The van der Waals surface area contributed by atoms with Gasteiger partial charge in [-0.1, -0.05) is 32.4 Å². The van der Waals surface area contributed by atoms with Gasteiger partial charge in [-0.3, -0.25) is 19.2 Å². The van der Waals surface area contributed by atoms with Crippen molar-refractivity contribution in [2.45, 2.75) is 59.0 Å². The Labute approximate surface area is 176 Å². The summed E-state index contributed by atoms with van der Waals surface area (Å²) >= 11 is 0. The van der Waals surface area contributed by atoms with Crippen molar-refractivity contribution >= 4 is 23.3 Å². The Morgan fingerprint density at radius 1 is 1.27 bits per heavy atom. The quantitative estimate of drug-likeness (QED) is 0.713. The van der Waals surface area contributed by atoms with Crippen molar-refractivity contribution in [2.24, 2.45) is 34.5 Å². The standard InChI is InChI=1S/C24H30O6/c1-13-9-16-17-6-8-24(29,20(28)12-30-14(2)25)23(17,4)11-19(27)21(16)22(3)7-5-15(26)10-18(13)22/h5,7,10,13,16-17,21,29H,6,8-9,11-12H2,1-4H3/t13-,16-,17-,21+,22-,23-,24-/m0/s1. The van der Waals surface area contributed by atoms with E-state index in [0.717, 1.165) is 12.0 Å². The lowest BCUT2D eigenvalue weighted by atomic mass is 9.45. The molecule has 4 aliphatic rings. The minimum atomic E-state index is -1.67. The van der Waals surface area contributed by atoms with Crippen molar-refractivity contribution in [1.82, 2.24) is 0 Å². The highest BCUT2D eigenvalue weighted by Crippen LogP contribution is 2.66. The Bertz CT molecular complexity index is 899. The van der Waals surface area contributed by atoms with Gasteiger partial charge in [-0.2, -0.15) is 0 Å². The molecule has 0 amide bonds. The lowest BCUT2D eigenvalue weighted by Crippen LogP contribution is -2.61. The third-order valence-electron chi connectivity index (χ3n) is 8.60. The van der Waals surface area contributed by atoms with Crippen LogP contribution in [0.15, 0.2) is 23.8 Å². The number of carbonyl (C=O) groups is 4. The summed E-state index contributed by atoms with van der Waals surface area (Å²) in [6, 6.07) is 0. The first-order valence-corrected chi connectivity index (χ1v) is 10.8. The predicted octanol–water partition coefficient (Wildman–Crippen LogP) is 2.58. The molecular formula is C24H30O6. The highest BCUT2D eigenvalue weighted by molar-refractivity contribution is 6.02. The van der Waals surface area contributed by atoms with E-state index in [0.29, 0.717) is 6.42 Å². The molecule has 1 N–H and O–H groups in total. The van der Waals surface area contributed by atoms with Crippen molar-refractivity contribution in [2.75, 3.05) is 6.61 Å². The van der Waals surface area contributed by atoms with Crippen LogP contribution in [0.25, 0.3) is 0 Å². The van der Waals surface area contributed by atoms with Crippen LogP contribution in [0, 0.1) is 34.5 Å². The van der Waals surface area contributed by atoms with Gasteiger partial charge in [0.1, 0.15) is 11.4 Å². The average molecular weight is 414 g/mol. The summed E-state index contributed by atoms with van der Waals surface area (Å²) < 4.78 is 4.87. The van der Waals surface area contributed by atoms with E-state index in [2.05, 4.69) is 6.92 Å². The molecule has 0 heterocycles. The average Bonchev–Trinajstić information content (AvgIpc) is 2.93. The number of hydrogen-bond acceptors (Lipinski definition) is 6. The largest absolute Gasteiger partial charge is 0.458 e. The van der Waals surface area contributed by atoms with E-state index in [1.807, 2.05) is 19.9 Å². The fourth-order valence-electron chi connectivity index (χ4n) is 7.21. The molecule has 4 rings (SSSR count). The smallest absolute Gasteiger partial charge is 0.303 e. The van der Waals surface area contributed by atoms with Gasteiger partial charge < -0.3 is 9.84 Å². The van der Waals surface area contributed by atoms with Crippen LogP contribution in [-0.4, -0.2) is 40.6 Å². The zero-order valence-corrected chi connectivity index (χ0v) is 18.1. The van der Waals surface area contributed by atoms with Gasteiger partial charge in [-0.05, 0) is 49.2 Å². The number of Topliss-reactive ketones (excluding diaryl/α,β-unsaturated/α-hetero) is 2. The van der Waals surface area contributed by atoms with Crippen LogP contribution in [0.4, 0.5) is 0 Å². The molecule has 0 bridgehead atoms. The van der Waals surface area contributed by atoms with Gasteiger partial charge in [0, 0.05) is 30.1 Å². The van der Waals surface area contributed by atoms with E-state index in [9.17, 15) is 24.3 Å². The highest BCUT2D eigenvalue weighted by atomic mass is 16.5. The van der Waals surface area contributed by atoms with Gasteiger partial charge >= 0.3 is 5.97 Å². The molecule has 6 nitrogen and oxygen atoms in total. The maximum Gasteiger partial charge on any atom is 0.303 e. The molecule has 6 heteroatoms. The Morgan fingerprint density at radius 3 is 2.63 bits per heavy atom. The molecule has 3 fully saturated rings. The summed E-state index contributed by atoms with van der Waals surface area (Å²) in [6.07, 6.45) is 6.94. The second-order valence-corrected chi connectivity index (χ2v) is 10.2. The Kier molecular flexibility index (Phi) is 4.73. The van der Waals surface area contributed by atoms with Gasteiger partial charge in [0.2, 0.25) is 5.78 Å². The molecule has 30 heavy (non-hydrogen) atoms. The SMILES string of the molecule is CC(=O)OCC(=O)[C@@]1(O)CC[C@H]2[C@@H]3C[C@H](C)C4=CC(=O)C=C[C@]4(C)[C@H]3C(=O)C[C@@]21C. The van der Waals surface area contributed by atoms with Crippen molar-refractivity contribution in [3.63, 3.8) is 0 Å². The molecule has 0 radical (unpaired) electrons. The molecule has 0 aromatic carbocycles. The summed E-state index contributed by atoms with van der Waals surface area (Å²) in [7, 11) is 0. The van der Waals surface area contributed by atoms with Gasteiger partial charge in [0.15, 0.2) is 12.4 Å². The van der Waals surface area contributed by atoms with Crippen LogP contribution < -0.4 is 0 Å². The van der Waals surface area contributed by atoms with Gasteiger partial charge in [-0.25, -0.2) is 0 Å². The first-order valence-electron chi connectivity index (χ1n) is 10.8. The van der Waals surface area contributed by atoms with Crippen molar-refractivity contribution < 1.29 is 29.0 Å². The number of allylic oxidation sites excluding steroid dienone is 4. The van der Waals surface area contributed by atoms with E-state index in [-0.39, 0.29) is 48.1 Å². The van der Waals surface area contributed by atoms with Crippen LogP contribution in [0.5, 0.6) is 0 Å². The monoisotopic (exact) mass is 414 g/mol. The van der Waals surface area contributed by atoms with Crippen LogP contribution in [0.2, 0.25) is 0 Å². The molecule has 7 atom stereocenters. The van der Waals surface area contributed by atoms with Gasteiger partial charge in [0.05, 0.1) is 0 Å². The number of aliphatic hydroxyl groups is 1. The molecule has 4 aliphatic carbocycles. The maximum atomic E-state index is 13.5. The molecule has 0 saturated heterocycles. The lowest BCUT2D eigenvalue weighted by molar-refractivity contribution is -0.172. The minimum Gasteiger partial charge on any atom is -0.458 e. The summed E-state index contributed by atoms with van der Waals surface area (Å²) in [5, 5.41) is 11.5. The van der Waals surface area contributed by atoms with E-state index < -0.39 is 34.8 Å². The molecule has 162 valence electrons. The van der Waals surface area contributed by atoms with Crippen molar-refractivity contribution in [3.05, 3.63) is 23.8 Å². The lowest BCUT2D eigenvalue weighted by Gasteiger charge is -2.58. The van der Waals surface area contributed by atoms with Gasteiger partial charge in [0.25, 0.3) is 0 Å². The van der Waals surface area contributed by atoms with Crippen LogP contribution in [0.1, 0.15) is 53.4 Å². The number of ether oxygens (including phenoxy) is 1. The second-order valence-electron chi connectivity index (χ2n) is 10.2. The number of esters is 1. The normalized spacial score (nSPS) is 44.6. The second kappa shape index (κ2) is 6.71. The van der Waals surface area contributed by atoms with E-state index in [4.69, 9.17) is 4.74 Å². The Balaban J connectivity index is 1.71. The zero-order chi connectivity index (χ0) is 22.1. The minimum absolute atomic E-state index is 0.0123. The molecular weight excluding hydrogens is 384 g/mol. The summed E-state index contributed by atoms with van der Waals surface area (Å²) in [4.78, 5) is 49.6. The Morgan fingerprint density at radius 2 is 1.97 bits per heavy atom. The summed E-state index contributed by atoms with van der Waals surface area (Å²) in [5.74, 6) is -1.16. The van der Waals surface area contributed by atoms with Crippen molar-refractivity contribution in [1.29, 1.82) is 0 Å². The molecule has 0 aliphatic heterocycles. The fourth-order valence-corrected chi connectivity index (χ4v) is 7.21. The third kappa shape index (κ3) is 2.72. The molecule has 0 unspecified atom stereocenters. The fraction of sp³-hybridized carbons (Fsp3) is 0.667. The van der Waals surface area contributed by atoms with Crippen LogP contribution in [-0.2, 0) is 23.9 Å². The van der Waals surface area contributed by atoms with Crippen molar-refractivity contribution in [3.8, 4) is 0 Å². The predicted molar refractivity (Wildman–Crippen MR) is 108 cm³/mol. The number of ketones is 3.